The predicted octanol–water partition coefficient (Wildman–Crippen LogP) is 3.25. The van der Waals surface area contributed by atoms with Gasteiger partial charge in [0.1, 0.15) is 0 Å². The molecular formula is C23H34N2O6. The molecule has 1 fully saturated rings. The Balaban J connectivity index is 1.82. The average Bonchev–Trinajstić information content (AvgIpc) is 2.73. The maximum Gasteiger partial charge on any atom is 0.309 e. The van der Waals surface area contributed by atoms with Crippen molar-refractivity contribution in [3.8, 4) is 11.5 Å². The number of hydrogen-bond acceptors (Lipinski definition) is 6. The maximum absolute atomic E-state index is 12.3. The van der Waals surface area contributed by atoms with Gasteiger partial charge in [-0.05, 0) is 38.8 Å². The third-order valence-corrected chi connectivity index (χ3v) is 4.93. The molecule has 1 N–H and O–H groups in total. The van der Waals surface area contributed by atoms with Crippen molar-refractivity contribution in [2.75, 3.05) is 38.2 Å². The standard InChI is InChI=1S/C23H34N2O6/c1-6-29-18-9-8-17(14-19(18)30-7-2)24-20(26)15-31-21(27)16-10-12-25(13-11-16)22(28)23(3,4)5/h8-9,14,16H,6-7,10-13,15H2,1-5H3,(H,24,26). The SMILES string of the molecule is CCOc1ccc(NC(=O)COC(=O)C2CCN(C(=O)C(C)(C)C)CC2)cc1OCC. The summed E-state index contributed by atoms with van der Waals surface area (Å²) in [5.41, 5.74) is 0.0934. The predicted molar refractivity (Wildman–Crippen MR) is 117 cm³/mol. The molecule has 8 heteroatoms. The van der Waals surface area contributed by atoms with Crippen LogP contribution in [0.1, 0.15) is 47.5 Å². The van der Waals surface area contributed by atoms with E-state index >= 15 is 0 Å². The van der Waals surface area contributed by atoms with Crippen LogP contribution in [0.15, 0.2) is 18.2 Å². The van der Waals surface area contributed by atoms with Crippen molar-refractivity contribution < 1.29 is 28.6 Å². The van der Waals surface area contributed by atoms with Crippen LogP contribution in [-0.4, -0.2) is 55.6 Å². The van der Waals surface area contributed by atoms with Gasteiger partial charge in [0, 0.05) is 30.3 Å². The monoisotopic (exact) mass is 434 g/mol. The van der Waals surface area contributed by atoms with Gasteiger partial charge in [-0.25, -0.2) is 0 Å². The summed E-state index contributed by atoms with van der Waals surface area (Å²) in [6, 6.07) is 5.11. The quantitative estimate of drug-likeness (QED) is 0.631. The number of nitrogens with one attached hydrogen (secondary N) is 1. The van der Waals surface area contributed by atoms with Gasteiger partial charge in [-0.2, -0.15) is 0 Å². The van der Waals surface area contributed by atoms with Crippen molar-refractivity contribution in [3.63, 3.8) is 0 Å². The molecule has 2 amide bonds. The fourth-order valence-electron chi connectivity index (χ4n) is 3.37. The number of anilines is 1. The fraction of sp³-hybridized carbons (Fsp3) is 0.609. The second-order valence-electron chi connectivity index (χ2n) is 8.50. The third kappa shape index (κ3) is 7.15. The number of carbonyl (C=O) groups is 3. The molecule has 0 aliphatic carbocycles. The summed E-state index contributed by atoms with van der Waals surface area (Å²) in [6.45, 7) is 11.1. The lowest BCUT2D eigenvalue weighted by Gasteiger charge is -2.34. The molecule has 1 saturated heterocycles. The van der Waals surface area contributed by atoms with E-state index in [1.54, 1.807) is 23.1 Å². The molecule has 8 nitrogen and oxygen atoms in total. The van der Waals surface area contributed by atoms with Crippen LogP contribution in [0.2, 0.25) is 0 Å². The highest BCUT2D eigenvalue weighted by Crippen LogP contribution is 2.30. The number of benzene rings is 1. The zero-order valence-electron chi connectivity index (χ0n) is 19.2. The molecule has 0 unspecified atom stereocenters. The second-order valence-corrected chi connectivity index (χ2v) is 8.50. The van der Waals surface area contributed by atoms with Crippen molar-refractivity contribution >= 4 is 23.5 Å². The van der Waals surface area contributed by atoms with E-state index in [0.717, 1.165) is 0 Å². The summed E-state index contributed by atoms with van der Waals surface area (Å²) in [7, 11) is 0. The number of amides is 2. The molecule has 0 aromatic heterocycles. The second kappa shape index (κ2) is 11.0. The first-order chi connectivity index (χ1) is 14.7. The summed E-state index contributed by atoms with van der Waals surface area (Å²) in [4.78, 5) is 38.7. The van der Waals surface area contributed by atoms with Gasteiger partial charge in [0.15, 0.2) is 18.1 Å². The summed E-state index contributed by atoms with van der Waals surface area (Å²) in [5, 5.41) is 2.70. The number of hydrogen-bond donors (Lipinski definition) is 1. The number of piperidine rings is 1. The van der Waals surface area contributed by atoms with E-state index in [4.69, 9.17) is 14.2 Å². The summed E-state index contributed by atoms with van der Waals surface area (Å²) >= 11 is 0. The van der Waals surface area contributed by atoms with Gasteiger partial charge in [0.2, 0.25) is 5.91 Å². The van der Waals surface area contributed by atoms with Gasteiger partial charge in [-0.15, -0.1) is 0 Å². The average molecular weight is 435 g/mol. The van der Waals surface area contributed by atoms with E-state index in [9.17, 15) is 14.4 Å². The number of likely N-dealkylation sites (tertiary alicyclic amines) is 1. The lowest BCUT2D eigenvalue weighted by atomic mass is 9.91. The molecule has 2 rings (SSSR count). The first-order valence-corrected chi connectivity index (χ1v) is 10.8. The van der Waals surface area contributed by atoms with Crippen LogP contribution in [0, 0.1) is 11.3 Å². The fourth-order valence-corrected chi connectivity index (χ4v) is 3.37. The number of rotatable bonds is 8. The summed E-state index contributed by atoms with van der Waals surface area (Å²) in [5.74, 6) is 0.0908. The third-order valence-electron chi connectivity index (χ3n) is 4.93. The van der Waals surface area contributed by atoms with Gasteiger partial charge >= 0.3 is 5.97 Å². The highest BCUT2D eigenvalue weighted by atomic mass is 16.5. The molecule has 172 valence electrons. The highest BCUT2D eigenvalue weighted by molar-refractivity contribution is 5.93. The summed E-state index contributed by atoms with van der Waals surface area (Å²) < 4.78 is 16.3. The van der Waals surface area contributed by atoms with Crippen molar-refractivity contribution in [2.24, 2.45) is 11.3 Å². The Morgan fingerprint density at radius 1 is 1.03 bits per heavy atom. The number of esters is 1. The van der Waals surface area contributed by atoms with Gasteiger partial charge in [-0.3, -0.25) is 14.4 Å². The van der Waals surface area contributed by atoms with Crippen molar-refractivity contribution in [2.45, 2.75) is 47.5 Å². The van der Waals surface area contributed by atoms with Crippen LogP contribution in [0.5, 0.6) is 11.5 Å². The van der Waals surface area contributed by atoms with E-state index in [-0.39, 0.29) is 18.4 Å². The van der Waals surface area contributed by atoms with Crippen molar-refractivity contribution in [3.05, 3.63) is 18.2 Å². The van der Waals surface area contributed by atoms with E-state index in [1.165, 1.54) is 0 Å². The van der Waals surface area contributed by atoms with E-state index < -0.39 is 17.3 Å². The minimum absolute atomic E-state index is 0.0838. The van der Waals surface area contributed by atoms with Gasteiger partial charge in [0.05, 0.1) is 19.1 Å². The zero-order chi connectivity index (χ0) is 23.0. The Kier molecular flexibility index (Phi) is 8.71. The highest BCUT2D eigenvalue weighted by Gasteiger charge is 2.33. The van der Waals surface area contributed by atoms with Crippen LogP contribution in [0.25, 0.3) is 0 Å². The van der Waals surface area contributed by atoms with Crippen LogP contribution < -0.4 is 14.8 Å². The molecule has 1 aromatic carbocycles. The Bertz CT molecular complexity index is 779. The number of carbonyl (C=O) groups excluding carboxylic acids is 3. The molecule has 1 aromatic rings. The Labute approximate surface area is 184 Å². The Morgan fingerprint density at radius 2 is 1.65 bits per heavy atom. The molecular weight excluding hydrogens is 400 g/mol. The Morgan fingerprint density at radius 3 is 2.23 bits per heavy atom. The molecule has 0 bridgehead atoms. The van der Waals surface area contributed by atoms with E-state index in [0.29, 0.717) is 56.3 Å². The van der Waals surface area contributed by atoms with Gasteiger partial charge < -0.3 is 24.4 Å². The number of nitrogens with zero attached hydrogens (tertiary/aromatic N) is 1. The molecule has 0 radical (unpaired) electrons. The lowest BCUT2D eigenvalue weighted by molar-refractivity contribution is -0.155. The molecule has 0 atom stereocenters. The normalized spacial score (nSPS) is 14.7. The van der Waals surface area contributed by atoms with E-state index in [2.05, 4.69) is 5.32 Å². The van der Waals surface area contributed by atoms with Gasteiger partial charge in [0.25, 0.3) is 5.91 Å². The van der Waals surface area contributed by atoms with Crippen molar-refractivity contribution in [1.29, 1.82) is 0 Å². The topological polar surface area (TPSA) is 94.2 Å². The molecule has 1 aliphatic heterocycles. The van der Waals surface area contributed by atoms with E-state index in [1.807, 2.05) is 34.6 Å². The largest absolute Gasteiger partial charge is 0.490 e. The van der Waals surface area contributed by atoms with Crippen LogP contribution in [0.3, 0.4) is 0 Å². The van der Waals surface area contributed by atoms with Crippen LogP contribution >= 0.6 is 0 Å². The zero-order valence-corrected chi connectivity index (χ0v) is 19.2. The smallest absolute Gasteiger partial charge is 0.309 e. The maximum atomic E-state index is 12.3. The molecule has 1 aliphatic rings. The summed E-state index contributed by atoms with van der Waals surface area (Å²) in [6.07, 6.45) is 1.08. The molecule has 1 heterocycles. The first-order valence-electron chi connectivity index (χ1n) is 10.8. The first kappa shape index (κ1) is 24.5. The molecule has 31 heavy (non-hydrogen) atoms. The molecule has 0 spiro atoms. The van der Waals surface area contributed by atoms with Gasteiger partial charge in [-0.1, -0.05) is 20.8 Å². The van der Waals surface area contributed by atoms with Crippen molar-refractivity contribution in [1.82, 2.24) is 4.90 Å². The lowest BCUT2D eigenvalue weighted by Crippen LogP contribution is -2.45. The van der Waals surface area contributed by atoms with Crippen LogP contribution in [-0.2, 0) is 19.1 Å². The molecule has 0 saturated carbocycles. The van der Waals surface area contributed by atoms with Crippen LogP contribution in [0.4, 0.5) is 5.69 Å². The minimum Gasteiger partial charge on any atom is -0.490 e. The number of ether oxygens (including phenoxy) is 3. The minimum atomic E-state index is -0.436. The Hall–Kier alpha value is -2.77.